The summed E-state index contributed by atoms with van der Waals surface area (Å²) < 4.78 is 0. The molecule has 0 aromatic heterocycles. The lowest BCUT2D eigenvalue weighted by Crippen LogP contribution is -2.29. The molecule has 3 heteroatoms. The number of hydrogen-bond donors (Lipinski definition) is 1. The molecule has 2 amide bonds. The summed E-state index contributed by atoms with van der Waals surface area (Å²) in [5.41, 5.74) is 0.351. The van der Waals surface area contributed by atoms with Crippen LogP contribution in [0.15, 0.2) is 36.0 Å². The summed E-state index contributed by atoms with van der Waals surface area (Å²) in [5, 5.41) is 2.43. The molecule has 1 saturated heterocycles. The van der Waals surface area contributed by atoms with Crippen LogP contribution in [0, 0.1) is 16.7 Å². The van der Waals surface area contributed by atoms with Crippen LogP contribution in [0.2, 0.25) is 0 Å². The fourth-order valence-electron chi connectivity index (χ4n) is 2.83. The van der Waals surface area contributed by atoms with Crippen LogP contribution in [0.1, 0.15) is 20.3 Å². The largest absolute Gasteiger partial charge is 0.295 e. The maximum Gasteiger partial charge on any atom is 0.238 e. The summed E-state index contributed by atoms with van der Waals surface area (Å²) in [6.07, 6.45) is 10.8. The predicted octanol–water partition coefficient (Wildman–Crippen LogP) is 1.73. The van der Waals surface area contributed by atoms with E-state index in [1.807, 2.05) is 18.2 Å². The summed E-state index contributed by atoms with van der Waals surface area (Å²) in [7, 11) is 0. The van der Waals surface area contributed by atoms with E-state index >= 15 is 0 Å². The van der Waals surface area contributed by atoms with E-state index in [0.717, 1.165) is 5.57 Å². The van der Waals surface area contributed by atoms with Gasteiger partial charge in [0.05, 0.1) is 11.3 Å². The second-order valence-corrected chi connectivity index (χ2v) is 5.69. The van der Waals surface area contributed by atoms with Crippen LogP contribution < -0.4 is 5.32 Å². The van der Waals surface area contributed by atoms with Gasteiger partial charge in [0, 0.05) is 5.41 Å². The zero-order chi connectivity index (χ0) is 12.3. The van der Waals surface area contributed by atoms with Gasteiger partial charge < -0.3 is 0 Å². The van der Waals surface area contributed by atoms with Crippen LogP contribution in [0.5, 0.6) is 0 Å². The lowest BCUT2D eigenvalue weighted by Gasteiger charge is -2.18. The molecule has 2 unspecified atom stereocenters. The SMILES string of the molecule is CC1(C)C=CC=CC(C23CC2C(=O)NC3=O)=C1. The minimum Gasteiger partial charge on any atom is -0.295 e. The van der Waals surface area contributed by atoms with Gasteiger partial charge in [-0.2, -0.15) is 0 Å². The highest BCUT2D eigenvalue weighted by Gasteiger charge is 2.70. The van der Waals surface area contributed by atoms with Crippen LogP contribution in [-0.2, 0) is 9.59 Å². The van der Waals surface area contributed by atoms with Gasteiger partial charge in [0.2, 0.25) is 11.8 Å². The Labute approximate surface area is 100 Å². The molecule has 2 atom stereocenters. The molecule has 0 aromatic rings. The highest BCUT2D eigenvalue weighted by Crippen LogP contribution is 2.62. The Morgan fingerprint density at radius 2 is 2.06 bits per heavy atom. The van der Waals surface area contributed by atoms with Crippen LogP contribution in [0.3, 0.4) is 0 Å². The molecular weight excluding hydrogens is 214 g/mol. The van der Waals surface area contributed by atoms with E-state index in [4.69, 9.17) is 0 Å². The summed E-state index contributed by atoms with van der Waals surface area (Å²) in [6.45, 7) is 4.19. The molecule has 3 aliphatic rings. The Morgan fingerprint density at radius 3 is 2.65 bits per heavy atom. The number of imide groups is 1. The second-order valence-electron chi connectivity index (χ2n) is 5.69. The van der Waals surface area contributed by atoms with E-state index in [1.54, 1.807) is 0 Å². The Balaban J connectivity index is 2.04. The topological polar surface area (TPSA) is 46.2 Å². The van der Waals surface area contributed by atoms with E-state index in [9.17, 15) is 9.59 Å². The van der Waals surface area contributed by atoms with Gasteiger partial charge in [-0.05, 0) is 12.0 Å². The summed E-state index contributed by atoms with van der Waals surface area (Å²) in [5.74, 6) is -0.375. The van der Waals surface area contributed by atoms with Gasteiger partial charge in [0.1, 0.15) is 0 Å². The molecule has 3 nitrogen and oxygen atoms in total. The van der Waals surface area contributed by atoms with Gasteiger partial charge in [-0.15, -0.1) is 0 Å². The van der Waals surface area contributed by atoms with Gasteiger partial charge in [-0.1, -0.05) is 44.2 Å². The zero-order valence-electron chi connectivity index (χ0n) is 9.99. The van der Waals surface area contributed by atoms with Crippen molar-refractivity contribution in [2.45, 2.75) is 20.3 Å². The van der Waals surface area contributed by atoms with E-state index in [-0.39, 0.29) is 23.1 Å². The van der Waals surface area contributed by atoms with Crippen molar-refractivity contribution in [2.24, 2.45) is 16.7 Å². The third kappa shape index (κ3) is 1.35. The van der Waals surface area contributed by atoms with Gasteiger partial charge >= 0.3 is 0 Å². The second kappa shape index (κ2) is 2.97. The van der Waals surface area contributed by atoms with Crippen molar-refractivity contribution in [3.05, 3.63) is 36.0 Å². The van der Waals surface area contributed by atoms with Crippen molar-refractivity contribution in [2.75, 3.05) is 0 Å². The number of amides is 2. The molecule has 1 aliphatic heterocycles. The van der Waals surface area contributed by atoms with Crippen LogP contribution >= 0.6 is 0 Å². The highest BCUT2D eigenvalue weighted by atomic mass is 16.2. The monoisotopic (exact) mass is 229 g/mol. The van der Waals surface area contributed by atoms with Crippen LogP contribution in [-0.4, -0.2) is 11.8 Å². The minimum atomic E-state index is -0.559. The zero-order valence-corrected chi connectivity index (χ0v) is 9.99. The molecule has 0 bridgehead atoms. The van der Waals surface area contributed by atoms with Crippen molar-refractivity contribution >= 4 is 11.8 Å². The molecule has 0 aromatic carbocycles. The van der Waals surface area contributed by atoms with Crippen molar-refractivity contribution in [3.63, 3.8) is 0 Å². The minimum absolute atomic E-state index is 0.0767. The number of allylic oxidation sites excluding steroid dienone is 5. The maximum atomic E-state index is 11.9. The van der Waals surface area contributed by atoms with Crippen molar-refractivity contribution < 1.29 is 9.59 Å². The van der Waals surface area contributed by atoms with Crippen LogP contribution in [0.25, 0.3) is 0 Å². The summed E-state index contributed by atoms with van der Waals surface area (Å²) >= 11 is 0. The lowest BCUT2D eigenvalue weighted by atomic mass is 9.85. The fraction of sp³-hybridized carbons (Fsp3) is 0.429. The number of carbonyl (C=O) groups excluding carboxylic acids is 2. The average Bonchev–Trinajstić information content (AvgIpc) is 2.94. The van der Waals surface area contributed by atoms with E-state index in [1.165, 1.54) is 0 Å². The van der Waals surface area contributed by atoms with Crippen molar-refractivity contribution in [3.8, 4) is 0 Å². The Kier molecular flexibility index (Phi) is 1.84. The Bertz CT molecular complexity index is 510. The number of carbonyl (C=O) groups is 2. The van der Waals surface area contributed by atoms with Crippen molar-refractivity contribution in [1.29, 1.82) is 0 Å². The first kappa shape index (κ1) is 10.5. The molecule has 2 fully saturated rings. The number of hydrogen-bond acceptors (Lipinski definition) is 2. The first-order chi connectivity index (χ1) is 7.96. The lowest BCUT2D eigenvalue weighted by molar-refractivity contribution is -0.128. The number of piperidine rings is 1. The first-order valence-electron chi connectivity index (χ1n) is 5.90. The molecule has 3 rings (SSSR count). The Morgan fingerprint density at radius 1 is 1.29 bits per heavy atom. The molecular formula is C14H15NO2. The number of rotatable bonds is 1. The van der Waals surface area contributed by atoms with Crippen LogP contribution in [0.4, 0.5) is 0 Å². The van der Waals surface area contributed by atoms with Gasteiger partial charge in [-0.25, -0.2) is 0 Å². The molecule has 0 spiro atoms. The molecule has 1 N–H and O–H groups in total. The van der Waals surface area contributed by atoms with E-state index in [2.05, 4.69) is 31.3 Å². The summed E-state index contributed by atoms with van der Waals surface area (Å²) in [6, 6.07) is 0. The smallest absolute Gasteiger partial charge is 0.238 e. The quantitative estimate of drug-likeness (QED) is 0.696. The fourth-order valence-corrected chi connectivity index (χ4v) is 2.83. The number of nitrogens with one attached hydrogen (secondary N) is 1. The molecule has 88 valence electrons. The predicted molar refractivity (Wildman–Crippen MR) is 63.8 cm³/mol. The average molecular weight is 229 g/mol. The van der Waals surface area contributed by atoms with Gasteiger partial charge in [-0.3, -0.25) is 14.9 Å². The van der Waals surface area contributed by atoms with E-state index < -0.39 is 5.41 Å². The molecule has 1 saturated carbocycles. The highest BCUT2D eigenvalue weighted by molar-refractivity contribution is 6.13. The normalized spacial score (nSPS) is 37.3. The Hall–Kier alpha value is -1.64. The number of fused-ring (bicyclic) bond motifs is 1. The first-order valence-corrected chi connectivity index (χ1v) is 5.90. The molecule has 17 heavy (non-hydrogen) atoms. The molecule has 2 aliphatic carbocycles. The third-order valence-electron chi connectivity index (χ3n) is 3.87. The van der Waals surface area contributed by atoms with Crippen molar-refractivity contribution in [1.82, 2.24) is 5.32 Å². The molecule has 0 radical (unpaired) electrons. The summed E-state index contributed by atoms with van der Waals surface area (Å²) in [4.78, 5) is 23.5. The van der Waals surface area contributed by atoms with E-state index in [0.29, 0.717) is 6.42 Å². The van der Waals surface area contributed by atoms with Gasteiger partial charge in [0.25, 0.3) is 0 Å². The third-order valence-corrected chi connectivity index (χ3v) is 3.87. The maximum absolute atomic E-state index is 11.9. The standard InChI is InChI=1S/C14H15NO2/c1-13(2)6-4-3-5-9(7-13)14-8-10(14)11(16)15-12(14)17/h3-7,10H,8H2,1-2H3,(H,15,16,17). The van der Waals surface area contributed by atoms with Gasteiger partial charge in [0.15, 0.2) is 0 Å². The molecule has 1 heterocycles.